The van der Waals surface area contributed by atoms with Gasteiger partial charge in [-0.1, -0.05) is 30.3 Å². The van der Waals surface area contributed by atoms with Crippen molar-refractivity contribution in [3.05, 3.63) is 65.1 Å². The van der Waals surface area contributed by atoms with Crippen molar-refractivity contribution in [3.8, 4) is 0 Å². The smallest absolute Gasteiger partial charge is 0.306 e. The van der Waals surface area contributed by atoms with Gasteiger partial charge in [0.2, 0.25) is 0 Å². The zero-order chi connectivity index (χ0) is 17.1. The molecule has 0 bridgehead atoms. The van der Waals surface area contributed by atoms with Gasteiger partial charge in [0.1, 0.15) is 0 Å². The number of thioether (sulfide) groups is 1. The molecule has 2 heterocycles. The molecule has 1 aliphatic rings. The largest absolute Gasteiger partial charge is 0.326 e. The summed E-state index contributed by atoms with van der Waals surface area (Å²) in [5, 5.41) is 0. The third-order valence-corrected chi connectivity index (χ3v) is 5.96. The van der Waals surface area contributed by atoms with Gasteiger partial charge in [0.25, 0.3) is 0 Å². The van der Waals surface area contributed by atoms with E-state index >= 15 is 0 Å². The Balaban J connectivity index is 1.34. The second-order valence-electron chi connectivity index (χ2n) is 6.55. The van der Waals surface area contributed by atoms with Crippen molar-refractivity contribution in [2.45, 2.75) is 23.8 Å². The summed E-state index contributed by atoms with van der Waals surface area (Å²) in [5.41, 5.74) is 2.00. The molecule has 0 saturated carbocycles. The zero-order valence-corrected chi connectivity index (χ0v) is 15.0. The number of likely N-dealkylation sites (tertiary alicyclic amines) is 1. The molecule has 1 fully saturated rings. The highest BCUT2D eigenvalue weighted by molar-refractivity contribution is 7.99. The SMILES string of the molecule is O=c1[nH]c2ccccc2n1C1CCN(CCSc2ccccc2)CC1. The second-order valence-corrected chi connectivity index (χ2v) is 7.72. The van der Waals surface area contributed by atoms with E-state index < -0.39 is 0 Å². The van der Waals surface area contributed by atoms with Crippen LogP contribution in [0.1, 0.15) is 18.9 Å². The predicted molar refractivity (Wildman–Crippen MR) is 104 cm³/mol. The number of piperidine rings is 1. The van der Waals surface area contributed by atoms with E-state index in [0.29, 0.717) is 6.04 Å². The monoisotopic (exact) mass is 353 g/mol. The van der Waals surface area contributed by atoms with Crippen LogP contribution >= 0.6 is 11.8 Å². The van der Waals surface area contributed by atoms with Gasteiger partial charge in [-0.25, -0.2) is 4.79 Å². The molecule has 0 spiro atoms. The minimum atomic E-state index is 0.0271. The maximum atomic E-state index is 12.3. The highest BCUT2D eigenvalue weighted by Crippen LogP contribution is 2.25. The van der Waals surface area contributed by atoms with Gasteiger partial charge in [0, 0.05) is 36.3 Å². The summed E-state index contributed by atoms with van der Waals surface area (Å²) in [6.07, 6.45) is 2.08. The van der Waals surface area contributed by atoms with E-state index in [1.165, 1.54) is 4.90 Å². The Morgan fingerprint density at radius 2 is 1.72 bits per heavy atom. The fourth-order valence-corrected chi connectivity index (χ4v) is 4.58. The molecule has 0 amide bonds. The van der Waals surface area contributed by atoms with Crippen molar-refractivity contribution < 1.29 is 0 Å². The number of rotatable bonds is 5. The number of hydrogen-bond donors (Lipinski definition) is 1. The molecule has 1 aliphatic heterocycles. The van der Waals surface area contributed by atoms with Gasteiger partial charge in [-0.15, -0.1) is 11.8 Å². The fourth-order valence-electron chi connectivity index (χ4n) is 3.65. The number of nitrogens with zero attached hydrogens (tertiary/aromatic N) is 2. The number of hydrogen-bond acceptors (Lipinski definition) is 3. The first-order valence-electron chi connectivity index (χ1n) is 8.91. The van der Waals surface area contributed by atoms with Gasteiger partial charge in [0.15, 0.2) is 0 Å². The average molecular weight is 353 g/mol. The lowest BCUT2D eigenvalue weighted by atomic mass is 10.0. The van der Waals surface area contributed by atoms with E-state index in [0.717, 1.165) is 49.3 Å². The molecule has 3 aromatic rings. The van der Waals surface area contributed by atoms with Crippen molar-refractivity contribution in [1.29, 1.82) is 0 Å². The fraction of sp³-hybridized carbons (Fsp3) is 0.350. The van der Waals surface area contributed by atoms with Gasteiger partial charge >= 0.3 is 5.69 Å². The van der Waals surface area contributed by atoms with E-state index in [4.69, 9.17) is 0 Å². The summed E-state index contributed by atoms with van der Waals surface area (Å²) in [6.45, 7) is 3.23. The van der Waals surface area contributed by atoms with Crippen LogP contribution in [0.15, 0.2) is 64.3 Å². The Kier molecular flexibility index (Phi) is 4.95. The standard InChI is InChI=1S/C20H23N3OS/c24-20-21-18-8-4-5-9-19(18)23(20)16-10-12-22(13-11-16)14-15-25-17-6-2-1-3-7-17/h1-9,16H,10-15H2,(H,21,24). The molecule has 0 radical (unpaired) electrons. The van der Waals surface area contributed by atoms with Crippen LogP contribution in [0.5, 0.6) is 0 Å². The van der Waals surface area contributed by atoms with Crippen molar-refractivity contribution in [2.75, 3.05) is 25.4 Å². The van der Waals surface area contributed by atoms with Crippen molar-refractivity contribution in [1.82, 2.24) is 14.5 Å². The molecule has 0 unspecified atom stereocenters. The first-order chi connectivity index (χ1) is 12.3. The number of aromatic amines is 1. The van der Waals surface area contributed by atoms with Crippen LogP contribution in [-0.4, -0.2) is 39.8 Å². The van der Waals surface area contributed by atoms with Crippen LogP contribution in [0, 0.1) is 0 Å². The molecule has 4 nitrogen and oxygen atoms in total. The van der Waals surface area contributed by atoms with Crippen LogP contribution in [0.2, 0.25) is 0 Å². The molecule has 1 saturated heterocycles. The summed E-state index contributed by atoms with van der Waals surface area (Å²) < 4.78 is 1.96. The first-order valence-corrected chi connectivity index (χ1v) is 9.89. The Morgan fingerprint density at radius 1 is 1.00 bits per heavy atom. The summed E-state index contributed by atoms with van der Waals surface area (Å²) >= 11 is 1.92. The number of imidazole rings is 1. The van der Waals surface area contributed by atoms with Gasteiger partial charge in [-0.2, -0.15) is 0 Å². The molecule has 5 heteroatoms. The van der Waals surface area contributed by atoms with Crippen LogP contribution < -0.4 is 5.69 Å². The lowest BCUT2D eigenvalue weighted by molar-refractivity contribution is 0.196. The maximum absolute atomic E-state index is 12.3. The number of fused-ring (bicyclic) bond motifs is 1. The van der Waals surface area contributed by atoms with Crippen LogP contribution in [0.25, 0.3) is 11.0 Å². The minimum Gasteiger partial charge on any atom is -0.306 e. The van der Waals surface area contributed by atoms with Gasteiger partial charge in [0.05, 0.1) is 11.0 Å². The summed E-state index contributed by atoms with van der Waals surface area (Å²) in [6, 6.07) is 18.9. The highest BCUT2D eigenvalue weighted by Gasteiger charge is 2.23. The van der Waals surface area contributed by atoms with E-state index in [1.807, 2.05) is 40.6 Å². The van der Waals surface area contributed by atoms with E-state index in [9.17, 15) is 4.79 Å². The van der Waals surface area contributed by atoms with E-state index in [-0.39, 0.29) is 5.69 Å². The molecule has 130 valence electrons. The first kappa shape index (κ1) is 16.5. The Morgan fingerprint density at radius 3 is 2.52 bits per heavy atom. The normalized spacial score (nSPS) is 16.5. The summed E-state index contributed by atoms with van der Waals surface area (Å²) in [7, 11) is 0. The average Bonchev–Trinajstić information content (AvgIpc) is 2.99. The molecule has 1 aromatic heterocycles. The molecule has 25 heavy (non-hydrogen) atoms. The molecule has 4 rings (SSSR count). The molecular formula is C20H23N3OS. The van der Waals surface area contributed by atoms with Crippen molar-refractivity contribution in [3.63, 3.8) is 0 Å². The second kappa shape index (κ2) is 7.50. The number of H-pyrrole nitrogens is 1. The lowest BCUT2D eigenvalue weighted by Crippen LogP contribution is -2.38. The summed E-state index contributed by atoms with van der Waals surface area (Å²) in [4.78, 5) is 19.2. The van der Waals surface area contributed by atoms with Crippen molar-refractivity contribution >= 4 is 22.8 Å². The lowest BCUT2D eigenvalue weighted by Gasteiger charge is -2.32. The Hall–Kier alpha value is -1.98. The predicted octanol–water partition coefficient (Wildman–Crippen LogP) is 3.76. The minimum absolute atomic E-state index is 0.0271. The van der Waals surface area contributed by atoms with Gasteiger partial charge in [-0.05, 0) is 37.1 Å². The summed E-state index contributed by atoms with van der Waals surface area (Å²) in [5.74, 6) is 1.11. The molecule has 0 atom stereocenters. The van der Waals surface area contributed by atoms with Crippen LogP contribution in [0.4, 0.5) is 0 Å². The molecule has 1 N–H and O–H groups in total. The molecule has 0 aliphatic carbocycles. The molecule has 2 aromatic carbocycles. The number of para-hydroxylation sites is 2. The Labute approximate surface area is 151 Å². The topological polar surface area (TPSA) is 41.0 Å². The maximum Gasteiger partial charge on any atom is 0.326 e. The van der Waals surface area contributed by atoms with Gasteiger partial charge in [-0.3, -0.25) is 4.57 Å². The number of nitrogens with one attached hydrogen (secondary N) is 1. The zero-order valence-electron chi connectivity index (χ0n) is 14.2. The third kappa shape index (κ3) is 3.67. The third-order valence-electron chi connectivity index (χ3n) is 4.97. The van der Waals surface area contributed by atoms with E-state index in [1.54, 1.807) is 0 Å². The number of aromatic nitrogens is 2. The van der Waals surface area contributed by atoms with E-state index in [2.05, 4.69) is 40.2 Å². The quantitative estimate of drug-likeness (QED) is 0.710. The van der Waals surface area contributed by atoms with Gasteiger partial charge < -0.3 is 9.88 Å². The Bertz CT molecular complexity index is 879. The van der Waals surface area contributed by atoms with Crippen molar-refractivity contribution in [2.24, 2.45) is 0 Å². The van der Waals surface area contributed by atoms with Crippen LogP contribution in [-0.2, 0) is 0 Å². The highest BCUT2D eigenvalue weighted by atomic mass is 32.2. The number of benzene rings is 2. The molecular weight excluding hydrogens is 330 g/mol. The van der Waals surface area contributed by atoms with Crippen LogP contribution in [0.3, 0.4) is 0 Å².